The molecule has 3 N–H and O–H groups in total. The van der Waals surface area contributed by atoms with Gasteiger partial charge in [-0.05, 0) is 17.7 Å². The SMILES string of the molecule is COC(=N)N(Cc1ccc(Cl)cc1)C(N)=O. The standard InChI is InChI=1S/C10H12ClN3O2/c1-16-10(13)14(9(12)15)6-7-2-4-8(11)5-3-7/h2-5,13H,6H2,1H3,(H2,12,15). The van der Waals surface area contributed by atoms with E-state index in [0.29, 0.717) is 5.02 Å². The van der Waals surface area contributed by atoms with Crippen LogP contribution < -0.4 is 5.73 Å². The van der Waals surface area contributed by atoms with Gasteiger partial charge in [-0.3, -0.25) is 5.41 Å². The second kappa shape index (κ2) is 5.37. The first kappa shape index (κ1) is 12.3. The Hall–Kier alpha value is -1.75. The Morgan fingerprint density at radius 3 is 2.50 bits per heavy atom. The summed E-state index contributed by atoms with van der Waals surface area (Å²) in [6.45, 7) is 0.180. The Bertz CT molecular complexity index is 392. The predicted molar refractivity (Wildman–Crippen MR) is 61.3 cm³/mol. The van der Waals surface area contributed by atoms with Crippen molar-refractivity contribution in [3.8, 4) is 0 Å². The Labute approximate surface area is 98.3 Å². The molecule has 6 heteroatoms. The number of hydrogen-bond donors (Lipinski definition) is 2. The monoisotopic (exact) mass is 241 g/mol. The smallest absolute Gasteiger partial charge is 0.323 e. The summed E-state index contributed by atoms with van der Waals surface area (Å²) in [5.41, 5.74) is 5.94. The molecule has 1 rings (SSSR count). The molecule has 86 valence electrons. The highest BCUT2D eigenvalue weighted by Crippen LogP contribution is 2.11. The first-order chi connectivity index (χ1) is 7.54. The molecule has 0 bridgehead atoms. The van der Waals surface area contributed by atoms with Crippen LogP contribution in [0.1, 0.15) is 5.56 Å². The van der Waals surface area contributed by atoms with Crippen LogP contribution in [0.4, 0.5) is 4.79 Å². The minimum Gasteiger partial charge on any atom is -0.468 e. The molecule has 16 heavy (non-hydrogen) atoms. The van der Waals surface area contributed by atoms with Gasteiger partial charge in [0.05, 0.1) is 13.7 Å². The lowest BCUT2D eigenvalue weighted by Crippen LogP contribution is -2.40. The van der Waals surface area contributed by atoms with E-state index in [1.165, 1.54) is 7.11 Å². The van der Waals surface area contributed by atoms with Crippen LogP contribution in [0.25, 0.3) is 0 Å². The number of amides is 2. The van der Waals surface area contributed by atoms with Gasteiger partial charge in [-0.1, -0.05) is 23.7 Å². The summed E-state index contributed by atoms with van der Waals surface area (Å²) in [7, 11) is 1.31. The van der Waals surface area contributed by atoms with Crippen LogP contribution in [0, 0.1) is 5.41 Å². The first-order valence-electron chi connectivity index (χ1n) is 4.48. The number of primary amides is 1. The van der Waals surface area contributed by atoms with E-state index in [1.807, 2.05) is 0 Å². The molecule has 0 heterocycles. The van der Waals surface area contributed by atoms with Crippen LogP contribution >= 0.6 is 11.6 Å². The number of amidine groups is 1. The summed E-state index contributed by atoms with van der Waals surface area (Å²) in [5.74, 6) is 0. The van der Waals surface area contributed by atoms with Gasteiger partial charge in [0.25, 0.3) is 6.02 Å². The van der Waals surface area contributed by atoms with Gasteiger partial charge < -0.3 is 10.5 Å². The van der Waals surface area contributed by atoms with Crippen molar-refractivity contribution in [1.82, 2.24) is 4.90 Å². The summed E-state index contributed by atoms with van der Waals surface area (Å²) in [6, 6.07) is 5.88. The molecule has 0 unspecified atom stereocenters. The molecule has 0 atom stereocenters. The molecule has 0 aliphatic heterocycles. The number of nitrogens with two attached hydrogens (primary N) is 1. The van der Waals surface area contributed by atoms with E-state index in [9.17, 15) is 4.79 Å². The third-order valence-electron chi connectivity index (χ3n) is 1.96. The summed E-state index contributed by atoms with van der Waals surface area (Å²) < 4.78 is 4.65. The van der Waals surface area contributed by atoms with Crippen LogP contribution in [0.15, 0.2) is 24.3 Å². The maximum Gasteiger partial charge on any atom is 0.323 e. The van der Waals surface area contributed by atoms with Gasteiger partial charge in [-0.25, -0.2) is 9.69 Å². The average Bonchev–Trinajstić information content (AvgIpc) is 2.27. The van der Waals surface area contributed by atoms with Gasteiger partial charge in [0.15, 0.2) is 0 Å². The van der Waals surface area contributed by atoms with Gasteiger partial charge >= 0.3 is 6.03 Å². The molecular formula is C10H12ClN3O2. The number of hydrogen-bond acceptors (Lipinski definition) is 3. The Morgan fingerprint density at radius 1 is 1.50 bits per heavy atom. The normalized spacial score (nSPS) is 9.62. The third-order valence-corrected chi connectivity index (χ3v) is 2.21. The van der Waals surface area contributed by atoms with Gasteiger partial charge in [-0.2, -0.15) is 0 Å². The van der Waals surface area contributed by atoms with Crippen molar-refractivity contribution in [2.75, 3.05) is 7.11 Å². The molecule has 0 aromatic heterocycles. The van der Waals surface area contributed by atoms with E-state index < -0.39 is 6.03 Å². The molecule has 1 aromatic rings. The highest BCUT2D eigenvalue weighted by Gasteiger charge is 2.16. The lowest BCUT2D eigenvalue weighted by Gasteiger charge is -2.19. The second-order valence-electron chi connectivity index (χ2n) is 3.06. The predicted octanol–water partition coefficient (Wildman–Crippen LogP) is 1.80. The molecule has 2 amide bonds. The zero-order chi connectivity index (χ0) is 12.1. The maximum absolute atomic E-state index is 11.1. The third kappa shape index (κ3) is 3.13. The lowest BCUT2D eigenvalue weighted by molar-refractivity contribution is 0.214. The van der Waals surface area contributed by atoms with Crippen molar-refractivity contribution in [3.05, 3.63) is 34.9 Å². The Balaban J connectivity index is 2.80. The molecule has 1 aromatic carbocycles. The zero-order valence-electron chi connectivity index (χ0n) is 8.74. The van der Waals surface area contributed by atoms with Gasteiger partial charge in [0, 0.05) is 5.02 Å². The average molecular weight is 242 g/mol. The number of rotatable bonds is 2. The highest BCUT2D eigenvalue weighted by atomic mass is 35.5. The largest absolute Gasteiger partial charge is 0.468 e. The number of nitrogens with one attached hydrogen (secondary N) is 1. The number of methoxy groups -OCH3 is 1. The van der Waals surface area contributed by atoms with Crippen LogP contribution in [-0.2, 0) is 11.3 Å². The van der Waals surface area contributed by atoms with Crippen molar-refractivity contribution in [3.63, 3.8) is 0 Å². The van der Waals surface area contributed by atoms with Crippen LogP contribution in [-0.4, -0.2) is 24.1 Å². The molecule has 0 fully saturated rings. The molecule has 5 nitrogen and oxygen atoms in total. The Morgan fingerprint density at radius 2 is 2.06 bits per heavy atom. The molecule has 0 aliphatic carbocycles. The van der Waals surface area contributed by atoms with Gasteiger partial charge in [0.1, 0.15) is 0 Å². The summed E-state index contributed by atoms with van der Waals surface area (Å²) >= 11 is 5.73. The van der Waals surface area contributed by atoms with Gasteiger partial charge in [0.2, 0.25) is 0 Å². The van der Waals surface area contributed by atoms with Crippen LogP contribution in [0.5, 0.6) is 0 Å². The van der Waals surface area contributed by atoms with Crippen molar-refractivity contribution in [1.29, 1.82) is 5.41 Å². The number of urea groups is 1. The van der Waals surface area contributed by atoms with Crippen molar-refractivity contribution < 1.29 is 9.53 Å². The lowest BCUT2D eigenvalue weighted by atomic mass is 10.2. The van der Waals surface area contributed by atoms with E-state index in [4.69, 9.17) is 22.7 Å². The number of benzene rings is 1. The Kier molecular flexibility index (Phi) is 4.13. The first-order valence-corrected chi connectivity index (χ1v) is 4.86. The highest BCUT2D eigenvalue weighted by molar-refractivity contribution is 6.30. The van der Waals surface area contributed by atoms with Gasteiger partial charge in [-0.15, -0.1) is 0 Å². The molecule has 0 aliphatic rings. The van der Waals surface area contributed by atoms with Crippen LogP contribution in [0.3, 0.4) is 0 Å². The summed E-state index contributed by atoms with van der Waals surface area (Å²) in [6.07, 6.45) is 0. The van der Waals surface area contributed by atoms with Crippen LogP contribution in [0.2, 0.25) is 5.02 Å². The van der Waals surface area contributed by atoms with Crippen molar-refractivity contribution in [2.45, 2.75) is 6.54 Å². The van der Waals surface area contributed by atoms with E-state index in [0.717, 1.165) is 10.5 Å². The fraction of sp³-hybridized carbons (Fsp3) is 0.200. The number of halogens is 1. The molecular weight excluding hydrogens is 230 g/mol. The van der Waals surface area contributed by atoms with E-state index in [2.05, 4.69) is 4.74 Å². The molecule has 0 saturated carbocycles. The van der Waals surface area contributed by atoms with E-state index >= 15 is 0 Å². The summed E-state index contributed by atoms with van der Waals surface area (Å²) in [4.78, 5) is 12.1. The second-order valence-corrected chi connectivity index (χ2v) is 3.50. The fourth-order valence-electron chi connectivity index (χ4n) is 1.13. The quantitative estimate of drug-likeness (QED) is 0.612. The number of nitrogens with zero attached hydrogens (tertiary/aromatic N) is 1. The van der Waals surface area contributed by atoms with Crippen molar-refractivity contribution in [2.24, 2.45) is 5.73 Å². The van der Waals surface area contributed by atoms with Crippen molar-refractivity contribution >= 4 is 23.7 Å². The molecule has 0 saturated heterocycles. The van der Waals surface area contributed by atoms with E-state index in [1.54, 1.807) is 24.3 Å². The minimum absolute atomic E-state index is 0.180. The summed E-state index contributed by atoms with van der Waals surface area (Å²) in [5, 5.41) is 8.00. The topological polar surface area (TPSA) is 79.4 Å². The minimum atomic E-state index is -0.734. The number of ether oxygens (including phenoxy) is 1. The number of carbonyl (C=O) groups is 1. The van der Waals surface area contributed by atoms with E-state index in [-0.39, 0.29) is 12.6 Å². The zero-order valence-corrected chi connectivity index (χ0v) is 9.49. The maximum atomic E-state index is 11.1. The molecule has 0 spiro atoms. The fourth-order valence-corrected chi connectivity index (χ4v) is 1.26. The number of carbonyl (C=O) groups excluding carboxylic acids is 1. The molecule has 0 radical (unpaired) electrons.